The fourth-order valence-electron chi connectivity index (χ4n) is 1.91. The highest BCUT2D eigenvalue weighted by atomic mass is 32.2. The van der Waals surface area contributed by atoms with Crippen molar-refractivity contribution in [3.8, 4) is 11.8 Å². The fourth-order valence-corrected chi connectivity index (χ4v) is 2.78. The molecular weight excluding hydrogens is 286 g/mol. The molecule has 108 valence electrons. The van der Waals surface area contributed by atoms with Crippen LogP contribution < -0.4 is 9.47 Å². The molecule has 0 N–H and O–H groups in total. The van der Waals surface area contributed by atoms with E-state index >= 15 is 0 Å². The molecule has 0 aliphatic carbocycles. The molecule has 0 saturated heterocycles. The molecule has 0 bridgehead atoms. The number of rotatable bonds is 5. The van der Waals surface area contributed by atoms with E-state index in [4.69, 9.17) is 9.47 Å². The topological polar surface area (TPSA) is 48.7 Å². The number of benzene rings is 1. The first kappa shape index (κ1) is 13.8. The fraction of sp³-hybridized carbons (Fsp3) is 0.200. The standard InChI is InChI=1S/C15H15N3O2S/c1-19-12-5-3-11(4-6-12)10-21-13-7-8-18-14(9-13)16-15(17-18)20-2/h3-9H,10H2,1-2H3. The number of fused-ring (bicyclic) bond motifs is 1. The van der Waals surface area contributed by atoms with Crippen molar-refractivity contribution in [1.29, 1.82) is 0 Å². The summed E-state index contributed by atoms with van der Waals surface area (Å²) in [6.45, 7) is 0. The Morgan fingerprint density at radius 1 is 1.10 bits per heavy atom. The van der Waals surface area contributed by atoms with Crippen LogP contribution in [0.3, 0.4) is 0 Å². The van der Waals surface area contributed by atoms with Crippen molar-refractivity contribution in [3.63, 3.8) is 0 Å². The smallest absolute Gasteiger partial charge is 0.336 e. The predicted molar refractivity (Wildman–Crippen MR) is 82.1 cm³/mol. The first-order valence-electron chi connectivity index (χ1n) is 6.44. The predicted octanol–water partition coefficient (Wildman–Crippen LogP) is 3.04. The third-order valence-corrected chi connectivity index (χ3v) is 4.10. The molecule has 0 spiro atoms. The highest BCUT2D eigenvalue weighted by molar-refractivity contribution is 7.98. The van der Waals surface area contributed by atoms with E-state index in [9.17, 15) is 0 Å². The van der Waals surface area contributed by atoms with Crippen LogP contribution in [-0.4, -0.2) is 28.8 Å². The zero-order valence-corrected chi connectivity index (χ0v) is 12.6. The summed E-state index contributed by atoms with van der Waals surface area (Å²) in [5, 5.41) is 4.17. The summed E-state index contributed by atoms with van der Waals surface area (Å²) >= 11 is 1.76. The molecular formula is C15H15N3O2S. The summed E-state index contributed by atoms with van der Waals surface area (Å²) in [7, 11) is 3.24. The third kappa shape index (κ3) is 3.11. The lowest BCUT2D eigenvalue weighted by molar-refractivity contribution is 0.380. The van der Waals surface area contributed by atoms with Gasteiger partial charge in [-0.15, -0.1) is 16.9 Å². The first-order valence-corrected chi connectivity index (χ1v) is 7.43. The van der Waals surface area contributed by atoms with Crippen LogP contribution in [-0.2, 0) is 5.75 Å². The van der Waals surface area contributed by atoms with Crippen molar-refractivity contribution in [3.05, 3.63) is 48.2 Å². The van der Waals surface area contributed by atoms with Gasteiger partial charge in [-0.25, -0.2) is 4.52 Å². The van der Waals surface area contributed by atoms with E-state index in [2.05, 4.69) is 22.2 Å². The van der Waals surface area contributed by atoms with Gasteiger partial charge in [0, 0.05) is 16.8 Å². The van der Waals surface area contributed by atoms with Gasteiger partial charge in [0.25, 0.3) is 0 Å². The van der Waals surface area contributed by atoms with Crippen molar-refractivity contribution in [2.75, 3.05) is 14.2 Å². The lowest BCUT2D eigenvalue weighted by atomic mass is 10.2. The van der Waals surface area contributed by atoms with Crippen LogP contribution in [0.15, 0.2) is 47.5 Å². The average Bonchev–Trinajstić information content (AvgIpc) is 2.95. The van der Waals surface area contributed by atoms with Crippen molar-refractivity contribution in [2.24, 2.45) is 0 Å². The quantitative estimate of drug-likeness (QED) is 0.678. The molecule has 2 aromatic heterocycles. The van der Waals surface area contributed by atoms with E-state index in [0.717, 1.165) is 22.0 Å². The number of methoxy groups -OCH3 is 2. The molecule has 0 aliphatic rings. The van der Waals surface area contributed by atoms with E-state index in [1.54, 1.807) is 30.5 Å². The van der Waals surface area contributed by atoms with Gasteiger partial charge in [-0.05, 0) is 29.8 Å². The number of aromatic nitrogens is 3. The van der Waals surface area contributed by atoms with E-state index in [1.165, 1.54) is 5.56 Å². The Hall–Kier alpha value is -2.21. The molecule has 3 aromatic rings. The molecule has 0 atom stereocenters. The van der Waals surface area contributed by atoms with Crippen LogP contribution >= 0.6 is 11.8 Å². The maximum atomic E-state index is 5.16. The minimum Gasteiger partial charge on any atom is -0.497 e. The maximum Gasteiger partial charge on any atom is 0.336 e. The Morgan fingerprint density at radius 3 is 2.62 bits per heavy atom. The Bertz CT molecular complexity index is 740. The summed E-state index contributed by atoms with van der Waals surface area (Å²) in [6.07, 6.45) is 1.89. The Labute approximate surface area is 126 Å². The minimum atomic E-state index is 0.382. The van der Waals surface area contributed by atoms with Crippen LogP contribution in [0, 0.1) is 0 Å². The second-order valence-electron chi connectivity index (χ2n) is 4.40. The highest BCUT2D eigenvalue weighted by Crippen LogP contribution is 2.25. The Morgan fingerprint density at radius 2 is 1.90 bits per heavy atom. The molecule has 3 rings (SSSR count). The molecule has 2 heterocycles. The van der Waals surface area contributed by atoms with Crippen molar-refractivity contribution in [2.45, 2.75) is 10.6 Å². The van der Waals surface area contributed by atoms with Gasteiger partial charge >= 0.3 is 6.01 Å². The lowest BCUT2D eigenvalue weighted by Gasteiger charge is -2.04. The Kier molecular flexibility index (Phi) is 3.96. The number of hydrogen-bond donors (Lipinski definition) is 0. The summed E-state index contributed by atoms with van der Waals surface area (Å²) in [6, 6.07) is 12.5. The van der Waals surface area contributed by atoms with Gasteiger partial charge in [-0.1, -0.05) is 12.1 Å². The van der Waals surface area contributed by atoms with Crippen LogP contribution in [0.5, 0.6) is 11.8 Å². The van der Waals surface area contributed by atoms with E-state index in [-0.39, 0.29) is 0 Å². The normalized spacial score (nSPS) is 10.8. The van der Waals surface area contributed by atoms with Gasteiger partial charge in [0.05, 0.1) is 14.2 Å². The molecule has 5 nitrogen and oxygen atoms in total. The molecule has 0 amide bonds. The molecule has 0 saturated carbocycles. The number of ether oxygens (including phenoxy) is 2. The van der Waals surface area contributed by atoms with Gasteiger partial charge in [-0.3, -0.25) is 0 Å². The Balaban J connectivity index is 1.71. The first-order chi connectivity index (χ1) is 10.3. The van der Waals surface area contributed by atoms with E-state index in [0.29, 0.717) is 6.01 Å². The van der Waals surface area contributed by atoms with Crippen molar-refractivity contribution >= 4 is 17.4 Å². The number of thioether (sulfide) groups is 1. The van der Waals surface area contributed by atoms with E-state index in [1.807, 2.05) is 30.5 Å². The monoisotopic (exact) mass is 301 g/mol. The second kappa shape index (κ2) is 6.05. The zero-order valence-electron chi connectivity index (χ0n) is 11.8. The molecule has 0 unspecified atom stereocenters. The van der Waals surface area contributed by atoms with Crippen molar-refractivity contribution < 1.29 is 9.47 Å². The highest BCUT2D eigenvalue weighted by Gasteiger charge is 2.04. The molecule has 6 heteroatoms. The molecule has 21 heavy (non-hydrogen) atoms. The van der Waals surface area contributed by atoms with Crippen molar-refractivity contribution in [1.82, 2.24) is 14.6 Å². The van der Waals surface area contributed by atoms with Gasteiger partial charge in [-0.2, -0.15) is 4.98 Å². The molecule has 0 aliphatic heterocycles. The summed E-state index contributed by atoms with van der Waals surface area (Å²) in [5.41, 5.74) is 2.03. The maximum absolute atomic E-state index is 5.16. The number of pyridine rings is 1. The summed E-state index contributed by atoms with van der Waals surface area (Å²) < 4.78 is 11.9. The molecule has 0 radical (unpaired) electrons. The molecule has 0 fully saturated rings. The van der Waals surface area contributed by atoms with Crippen LogP contribution in [0.4, 0.5) is 0 Å². The number of nitrogens with zero attached hydrogens (tertiary/aromatic N) is 3. The van der Waals surface area contributed by atoms with Crippen LogP contribution in [0.25, 0.3) is 5.65 Å². The van der Waals surface area contributed by atoms with Gasteiger partial charge < -0.3 is 9.47 Å². The van der Waals surface area contributed by atoms with Crippen LogP contribution in [0.2, 0.25) is 0 Å². The summed E-state index contributed by atoms with van der Waals surface area (Å²) in [5.74, 6) is 1.77. The SMILES string of the molecule is COc1ccc(CSc2ccn3nc(OC)nc3c2)cc1. The number of hydrogen-bond acceptors (Lipinski definition) is 5. The van der Waals surface area contributed by atoms with Crippen LogP contribution in [0.1, 0.15) is 5.56 Å². The molecule has 1 aromatic carbocycles. The largest absolute Gasteiger partial charge is 0.497 e. The van der Waals surface area contributed by atoms with Gasteiger partial charge in [0.2, 0.25) is 0 Å². The average molecular weight is 301 g/mol. The van der Waals surface area contributed by atoms with Gasteiger partial charge in [0.1, 0.15) is 5.75 Å². The van der Waals surface area contributed by atoms with Gasteiger partial charge in [0.15, 0.2) is 5.65 Å². The van der Waals surface area contributed by atoms with E-state index < -0.39 is 0 Å². The minimum absolute atomic E-state index is 0.382. The lowest BCUT2D eigenvalue weighted by Crippen LogP contribution is -1.88. The third-order valence-electron chi connectivity index (χ3n) is 3.04. The summed E-state index contributed by atoms with van der Waals surface area (Å²) in [4.78, 5) is 5.42. The second-order valence-corrected chi connectivity index (χ2v) is 5.45. The zero-order chi connectivity index (χ0) is 14.7.